The molecule has 0 bridgehead atoms. The van der Waals surface area contributed by atoms with Crippen LogP contribution in [0.5, 0.6) is 0 Å². The second kappa shape index (κ2) is 42.6. The lowest BCUT2D eigenvalue weighted by molar-refractivity contribution is -0.359. The lowest BCUT2D eigenvalue weighted by Crippen LogP contribution is -2.65. The summed E-state index contributed by atoms with van der Waals surface area (Å²) in [6.07, 6.45) is 33.2. The van der Waals surface area contributed by atoms with Crippen LogP contribution in [0.25, 0.3) is 0 Å². The van der Waals surface area contributed by atoms with Crippen molar-refractivity contribution in [2.24, 2.45) is 0 Å². The molecule has 1 amide bonds. The number of carbonyl (C=O) groups excluding carboxylic acids is 1. The van der Waals surface area contributed by atoms with Gasteiger partial charge in [-0.15, -0.1) is 0 Å². The third-order valence-corrected chi connectivity index (χ3v) is 13.8. The summed E-state index contributed by atoms with van der Waals surface area (Å²) in [6.45, 7) is 2.78. The molecule has 12 atom stereocenters. The van der Waals surface area contributed by atoms with Gasteiger partial charge in [-0.05, 0) is 51.4 Å². The fraction of sp³-hybridized carbons (Fsp3) is 0.875. The average molecular weight is 998 g/mol. The van der Waals surface area contributed by atoms with Gasteiger partial charge in [-0.1, -0.05) is 198 Å². The Morgan fingerprint density at radius 1 is 0.514 bits per heavy atom. The zero-order chi connectivity index (χ0) is 51.0. The predicted molar refractivity (Wildman–Crippen MR) is 277 cm³/mol. The first kappa shape index (κ1) is 64.3. The Bertz CT molecular complexity index is 1320. The maximum Gasteiger partial charge on any atom is 0.220 e. The molecule has 0 aromatic carbocycles. The van der Waals surface area contributed by atoms with Crippen LogP contribution in [0.1, 0.15) is 219 Å². The first-order valence-electron chi connectivity index (χ1n) is 28.2. The minimum absolute atomic E-state index is 0.242. The van der Waals surface area contributed by atoms with Crippen molar-refractivity contribution in [1.29, 1.82) is 0 Å². The molecule has 0 spiro atoms. The van der Waals surface area contributed by atoms with Gasteiger partial charge in [0.2, 0.25) is 5.91 Å². The Morgan fingerprint density at radius 2 is 0.943 bits per heavy atom. The van der Waals surface area contributed by atoms with Crippen molar-refractivity contribution in [3.8, 4) is 0 Å². The summed E-state index contributed by atoms with van der Waals surface area (Å²) in [7, 11) is 0. The van der Waals surface area contributed by atoms with E-state index in [4.69, 9.17) is 18.9 Å². The van der Waals surface area contributed by atoms with Crippen molar-refractivity contribution in [3.05, 3.63) is 36.5 Å². The van der Waals surface area contributed by atoms with Crippen LogP contribution in [0.4, 0.5) is 0 Å². The molecule has 0 aromatic rings. The standard InChI is InChI=1S/C56H103NO13/c1-3-5-7-9-11-13-15-17-18-19-20-21-22-23-24-25-26-28-30-32-34-36-38-40-48(61)57-44(45(60)39-37-35-33-31-29-27-16-14-12-10-8-6-4-2)43-67-55-53(66)51(64)54(47(42-59)69-55)70-56-52(65)50(63)49(62)46(41-58)68-56/h15,17,19-20,37,39,44-47,49-56,58-60,62-66H,3-14,16,18,21-36,38,40-43H2,1-2H3,(H,57,61)/b17-15-,20-19-,39-37+. The maximum absolute atomic E-state index is 13.2. The van der Waals surface area contributed by atoms with Gasteiger partial charge in [0.15, 0.2) is 12.6 Å². The van der Waals surface area contributed by atoms with Gasteiger partial charge in [0, 0.05) is 6.42 Å². The minimum Gasteiger partial charge on any atom is -0.394 e. The van der Waals surface area contributed by atoms with Crippen LogP contribution in [0.3, 0.4) is 0 Å². The van der Waals surface area contributed by atoms with Crippen LogP contribution >= 0.6 is 0 Å². The van der Waals surface area contributed by atoms with Gasteiger partial charge in [-0.25, -0.2) is 0 Å². The van der Waals surface area contributed by atoms with Crippen LogP contribution in [-0.4, -0.2) is 140 Å². The number of aliphatic hydroxyl groups is 8. The minimum atomic E-state index is -1.79. The second-order valence-corrected chi connectivity index (χ2v) is 20.1. The highest BCUT2D eigenvalue weighted by Gasteiger charge is 2.51. The van der Waals surface area contributed by atoms with E-state index in [0.717, 1.165) is 44.9 Å². The molecule has 2 aliphatic heterocycles. The number of unbranched alkanes of at least 4 members (excludes halogenated alkanes) is 27. The van der Waals surface area contributed by atoms with Crippen molar-refractivity contribution >= 4 is 5.91 Å². The molecule has 14 nitrogen and oxygen atoms in total. The summed E-state index contributed by atoms with van der Waals surface area (Å²) in [6, 6.07) is -0.914. The fourth-order valence-electron chi connectivity index (χ4n) is 9.20. The third-order valence-electron chi connectivity index (χ3n) is 13.8. The average Bonchev–Trinajstić information content (AvgIpc) is 3.36. The monoisotopic (exact) mass is 998 g/mol. The van der Waals surface area contributed by atoms with Crippen molar-refractivity contribution in [1.82, 2.24) is 5.32 Å². The normalized spacial score (nSPS) is 26.2. The van der Waals surface area contributed by atoms with Gasteiger partial charge >= 0.3 is 0 Å². The van der Waals surface area contributed by atoms with Crippen LogP contribution < -0.4 is 5.32 Å². The largest absolute Gasteiger partial charge is 0.394 e. The highest BCUT2D eigenvalue weighted by atomic mass is 16.7. The number of hydrogen-bond donors (Lipinski definition) is 9. The maximum atomic E-state index is 13.2. The molecular weight excluding hydrogens is 895 g/mol. The van der Waals surface area contributed by atoms with Crippen LogP contribution in [0.2, 0.25) is 0 Å². The van der Waals surface area contributed by atoms with E-state index in [-0.39, 0.29) is 18.9 Å². The number of carbonyl (C=O) groups is 1. The lowest BCUT2D eigenvalue weighted by Gasteiger charge is -2.46. The van der Waals surface area contributed by atoms with Gasteiger partial charge in [0.05, 0.1) is 32.0 Å². The SMILES string of the molecule is CCCCCCC/C=C\C/C=C\CCCCCCCCCCCCCC(=O)NC(COC1OC(CO)C(OC2OC(CO)C(O)C(O)C2O)C(O)C1O)C(O)/C=C/CCCCCCCCCCCCC. The zero-order valence-corrected chi connectivity index (χ0v) is 43.8. The Morgan fingerprint density at radius 3 is 1.43 bits per heavy atom. The molecule has 2 rings (SSSR count). The van der Waals surface area contributed by atoms with E-state index < -0.39 is 86.8 Å². The van der Waals surface area contributed by atoms with E-state index in [2.05, 4.69) is 43.5 Å². The Labute approximate surface area is 423 Å². The molecule has 70 heavy (non-hydrogen) atoms. The summed E-state index contributed by atoms with van der Waals surface area (Å²) in [4.78, 5) is 13.2. The molecule has 0 radical (unpaired) electrons. The molecule has 2 aliphatic rings. The van der Waals surface area contributed by atoms with E-state index >= 15 is 0 Å². The third kappa shape index (κ3) is 28.6. The molecule has 2 saturated heterocycles. The van der Waals surface area contributed by atoms with Crippen LogP contribution in [0, 0.1) is 0 Å². The summed E-state index contributed by atoms with van der Waals surface area (Å²) in [5.41, 5.74) is 0. The van der Waals surface area contributed by atoms with Crippen LogP contribution in [-0.2, 0) is 23.7 Å². The van der Waals surface area contributed by atoms with E-state index in [1.165, 1.54) is 148 Å². The molecule has 9 N–H and O–H groups in total. The second-order valence-electron chi connectivity index (χ2n) is 20.1. The highest BCUT2D eigenvalue weighted by molar-refractivity contribution is 5.76. The molecule has 0 saturated carbocycles. The van der Waals surface area contributed by atoms with E-state index in [0.29, 0.717) is 6.42 Å². The first-order valence-corrected chi connectivity index (χ1v) is 28.2. The van der Waals surface area contributed by atoms with E-state index in [1.54, 1.807) is 6.08 Å². The summed E-state index contributed by atoms with van der Waals surface area (Å²) >= 11 is 0. The number of ether oxygens (including phenoxy) is 4. The summed E-state index contributed by atoms with van der Waals surface area (Å²) in [5.74, 6) is -0.242. The molecule has 0 aliphatic carbocycles. The summed E-state index contributed by atoms with van der Waals surface area (Å²) < 4.78 is 22.7. The molecule has 12 unspecified atom stereocenters. The predicted octanol–water partition coefficient (Wildman–Crippen LogP) is 8.66. The molecule has 410 valence electrons. The quantitative estimate of drug-likeness (QED) is 0.0206. The van der Waals surface area contributed by atoms with Gasteiger partial charge in [0.1, 0.15) is 48.8 Å². The van der Waals surface area contributed by atoms with Gasteiger partial charge in [-0.3, -0.25) is 4.79 Å². The molecule has 2 fully saturated rings. The topological polar surface area (TPSA) is 228 Å². The van der Waals surface area contributed by atoms with Crippen LogP contribution in [0.15, 0.2) is 36.5 Å². The van der Waals surface area contributed by atoms with Crippen molar-refractivity contribution in [2.45, 2.75) is 293 Å². The van der Waals surface area contributed by atoms with Gasteiger partial charge < -0.3 is 65.1 Å². The number of allylic oxidation sites excluding steroid dienone is 5. The Kier molecular flexibility index (Phi) is 39.1. The zero-order valence-electron chi connectivity index (χ0n) is 43.8. The van der Waals surface area contributed by atoms with E-state index in [9.17, 15) is 45.6 Å². The van der Waals surface area contributed by atoms with Crippen molar-refractivity contribution < 1.29 is 64.6 Å². The molecular formula is C56H103NO13. The number of rotatable bonds is 44. The van der Waals surface area contributed by atoms with Gasteiger partial charge in [0.25, 0.3) is 0 Å². The first-order chi connectivity index (χ1) is 34.1. The number of aliphatic hydroxyl groups excluding tert-OH is 8. The number of amides is 1. The Balaban J connectivity index is 1.76. The smallest absolute Gasteiger partial charge is 0.220 e. The molecule has 0 aromatic heterocycles. The Hall–Kier alpha value is -1.79. The fourth-order valence-corrected chi connectivity index (χ4v) is 9.20. The van der Waals surface area contributed by atoms with E-state index in [1.807, 2.05) is 6.08 Å². The highest BCUT2D eigenvalue weighted by Crippen LogP contribution is 2.30. The number of hydrogen-bond acceptors (Lipinski definition) is 13. The number of nitrogens with one attached hydrogen (secondary N) is 1. The van der Waals surface area contributed by atoms with Gasteiger partial charge in [-0.2, -0.15) is 0 Å². The summed E-state index contributed by atoms with van der Waals surface area (Å²) in [5, 5.41) is 86.9. The molecule has 2 heterocycles. The van der Waals surface area contributed by atoms with Crippen molar-refractivity contribution in [2.75, 3.05) is 19.8 Å². The molecule has 14 heteroatoms. The van der Waals surface area contributed by atoms with Crippen molar-refractivity contribution in [3.63, 3.8) is 0 Å². The lowest BCUT2D eigenvalue weighted by atomic mass is 9.97.